The second kappa shape index (κ2) is 11.8. The van der Waals surface area contributed by atoms with Crippen molar-refractivity contribution in [2.75, 3.05) is 18.0 Å². The number of β-amino-alcohol motifs (C(OH)–C–C–N with tert-alkyl or cyclic N) is 1. The van der Waals surface area contributed by atoms with Gasteiger partial charge < -0.3 is 24.4 Å². The molecule has 4 aromatic heterocycles. The molecule has 5 aromatic rings. The summed E-state index contributed by atoms with van der Waals surface area (Å²) in [5.41, 5.74) is 4.27. The van der Waals surface area contributed by atoms with Crippen LogP contribution in [0.25, 0.3) is 16.6 Å². The lowest BCUT2D eigenvalue weighted by atomic mass is 10.1. The number of benzene rings is 1. The number of imidazole rings is 1. The van der Waals surface area contributed by atoms with Gasteiger partial charge in [0.05, 0.1) is 42.7 Å². The molecule has 0 unspecified atom stereocenters. The largest absolute Gasteiger partial charge is 0.486 e. The fourth-order valence-electron chi connectivity index (χ4n) is 5.57. The Bertz CT molecular complexity index is 1870. The maximum Gasteiger partial charge on any atom is 0.410 e. The molecular formula is C33H37N7O5. The molecular weight excluding hydrogens is 574 g/mol. The van der Waals surface area contributed by atoms with Crippen molar-refractivity contribution < 1.29 is 24.2 Å². The summed E-state index contributed by atoms with van der Waals surface area (Å²) in [6, 6.07) is 14.9. The average molecular weight is 612 g/mol. The maximum absolute atomic E-state index is 14.4. The number of likely N-dealkylation sites (tertiary alicyclic amines) is 1. The highest BCUT2D eigenvalue weighted by molar-refractivity contribution is 6.10. The Balaban J connectivity index is 1.29. The number of carbonyl (C=O) groups excluding carboxylic acids is 2. The van der Waals surface area contributed by atoms with Gasteiger partial charge in [-0.25, -0.2) is 9.78 Å². The number of hydrogen-bond donors (Lipinski definition) is 2. The summed E-state index contributed by atoms with van der Waals surface area (Å²) >= 11 is 0. The van der Waals surface area contributed by atoms with E-state index in [1.54, 1.807) is 54.6 Å². The van der Waals surface area contributed by atoms with Crippen molar-refractivity contribution in [2.24, 2.45) is 0 Å². The van der Waals surface area contributed by atoms with Crippen molar-refractivity contribution in [2.45, 2.75) is 65.4 Å². The van der Waals surface area contributed by atoms with Crippen LogP contribution in [0.4, 0.5) is 10.5 Å². The molecule has 0 saturated carbocycles. The Morgan fingerprint density at radius 3 is 2.69 bits per heavy atom. The number of H-pyrrole nitrogens is 1. The molecule has 1 aromatic carbocycles. The Labute approximate surface area is 260 Å². The average Bonchev–Trinajstić information content (AvgIpc) is 3.71. The van der Waals surface area contributed by atoms with E-state index in [-0.39, 0.29) is 25.5 Å². The van der Waals surface area contributed by atoms with Gasteiger partial charge in [0.25, 0.3) is 5.91 Å². The fraction of sp³-hybridized carbons (Fsp3) is 0.364. The lowest BCUT2D eigenvalue weighted by Crippen LogP contribution is -2.36. The number of amides is 2. The van der Waals surface area contributed by atoms with E-state index in [1.807, 2.05) is 50.2 Å². The molecule has 2 atom stereocenters. The van der Waals surface area contributed by atoms with E-state index in [2.05, 4.69) is 20.2 Å². The summed E-state index contributed by atoms with van der Waals surface area (Å²) in [5, 5.41) is 19.1. The number of aromatic amines is 1. The molecule has 6 rings (SSSR count). The first-order chi connectivity index (χ1) is 21.5. The van der Waals surface area contributed by atoms with E-state index in [0.717, 1.165) is 40.1 Å². The number of aliphatic hydroxyl groups excluding tert-OH is 1. The summed E-state index contributed by atoms with van der Waals surface area (Å²) in [6.07, 6.45) is 1.97. The quantitative estimate of drug-likeness (QED) is 0.271. The van der Waals surface area contributed by atoms with Crippen LogP contribution in [-0.4, -0.2) is 77.5 Å². The van der Waals surface area contributed by atoms with Gasteiger partial charge in [-0.05, 0) is 64.4 Å². The van der Waals surface area contributed by atoms with Crippen LogP contribution in [0.2, 0.25) is 0 Å². The number of aromatic nitrogens is 5. The van der Waals surface area contributed by atoms with Crippen LogP contribution in [0.1, 0.15) is 55.3 Å². The fourth-order valence-corrected chi connectivity index (χ4v) is 5.57. The molecule has 0 spiro atoms. The van der Waals surface area contributed by atoms with Gasteiger partial charge >= 0.3 is 6.09 Å². The number of rotatable bonds is 7. The first-order valence-corrected chi connectivity index (χ1v) is 15.0. The van der Waals surface area contributed by atoms with Gasteiger partial charge in [0.1, 0.15) is 34.9 Å². The van der Waals surface area contributed by atoms with Gasteiger partial charge in [-0.3, -0.25) is 19.3 Å². The Morgan fingerprint density at radius 1 is 1.13 bits per heavy atom. The minimum Gasteiger partial charge on any atom is -0.486 e. The van der Waals surface area contributed by atoms with Crippen molar-refractivity contribution in [3.8, 4) is 5.75 Å². The first kappa shape index (κ1) is 30.1. The molecule has 0 radical (unpaired) electrons. The molecule has 1 fully saturated rings. The number of anilines is 1. The molecule has 2 N–H and O–H groups in total. The molecule has 234 valence electrons. The standard InChI is InChI=1S/C33H37N7O5/c1-6-23-30-24(37-36-23)11-8-12-25(30)40(17-21-10-7-9-20(2)35-21)31(42)26-16-34-29-15-22(13-14-39(26)29)44-28-19-38(18-27(28)41)32(43)45-33(3,4)5/h7-16,27-28,41H,6,17-19H2,1-5H3,(H,36,37)/t27-,28-/m0/s1. The van der Waals surface area contributed by atoms with Gasteiger partial charge in [0.15, 0.2) is 0 Å². The van der Waals surface area contributed by atoms with Crippen molar-refractivity contribution in [1.82, 2.24) is 29.5 Å². The number of aryl methyl sites for hydroxylation is 2. The zero-order valence-corrected chi connectivity index (χ0v) is 26.0. The van der Waals surface area contributed by atoms with Crippen LogP contribution >= 0.6 is 0 Å². The minimum atomic E-state index is -0.881. The Kier molecular flexibility index (Phi) is 7.92. The van der Waals surface area contributed by atoms with Crippen LogP contribution < -0.4 is 9.64 Å². The van der Waals surface area contributed by atoms with Crippen molar-refractivity contribution >= 4 is 34.2 Å². The van der Waals surface area contributed by atoms with E-state index in [9.17, 15) is 14.7 Å². The molecule has 1 aliphatic rings. The highest BCUT2D eigenvalue weighted by Crippen LogP contribution is 2.32. The highest BCUT2D eigenvalue weighted by atomic mass is 16.6. The topological polar surface area (TPSA) is 138 Å². The molecule has 1 saturated heterocycles. The predicted molar refractivity (Wildman–Crippen MR) is 168 cm³/mol. The van der Waals surface area contributed by atoms with Crippen LogP contribution in [0, 0.1) is 6.92 Å². The molecule has 12 heteroatoms. The normalized spacial score (nSPS) is 16.8. The molecule has 12 nitrogen and oxygen atoms in total. The van der Waals surface area contributed by atoms with Gasteiger partial charge in [-0.15, -0.1) is 0 Å². The number of nitrogens with one attached hydrogen (secondary N) is 1. The zero-order valence-electron chi connectivity index (χ0n) is 26.0. The predicted octanol–water partition coefficient (Wildman–Crippen LogP) is 4.68. The Morgan fingerprint density at radius 2 is 1.93 bits per heavy atom. The third-order valence-electron chi connectivity index (χ3n) is 7.67. The summed E-state index contributed by atoms with van der Waals surface area (Å²) in [6.45, 7) is 9.89. The summed E-state index contributed by atoms with van der Waals surface area (Å²) in [7, 11) is 0. The van der Waals surface area contributed by atoms with Gasteiger partial charge in [-0.1, -0.05) is 19.1 Å². The third kappa shape index (κ3) is 6.18. The Hall–Kier alpha value is -4.97. The van der Waals surface area contributed by atoms with Crippen molar-refractivity contribution in [3.63, 3.8) is 0 Å². The van der Waals surface area contributed by atoms with Gasteiger partial charge in [-0.2, -0.15) is 5.10 Å². The number of aliphatic hydroxyl groups is 1. The third-order valence-corrected chi connectivity index (χ3v) is 7.67. The summed E-state index contributed by atoms with van der Waals surface area (Å²) < 4.78 is 13.2. The lowest BCUT2D eigenvalue weighted by Gasteiger charge is -2.24. The van der Waals surface area contributed by atoms with Crippen LogP contribution in [0.15, 0.2) is 60.9 Å². The molecule has 0 aliphatic carbocycles. The monoisotopic (exact) mass is 611 g/mol. The SMILES string of the molecule is CCc1[nH]nc2cccc(N(Cc3cccc(C)n3)C(=O)c3cnc4cc(O[C@H]5CN(C(=O)OC(C)(C)C)C[C@@H]5O)ccn34)c12. The summed E-state index contributed by atoms with van der Waals surface area (Å²) in [5.74, 6) is 0.202. The number of ether oxygens (including phenoxy) is 2. The number of fused-ring (bicyclic) bond motifs is 2. The maximum atomic E-state index is 14.4. The number of hydrogen-bond acceptors (Lipinski definition) is 8. The minimum absolute atomic E-state index is 0.110. The molecule has 1 aliphatic heterocycles. The van der Waals surface area contributed by atoms with E-state index < -0.39 is 23.9 Å². The lowest BCUT2D eigenvalue weighted by molar-refractivity contribution is 0.0268. The van der Waals surface area contributed by atoms with Gasteiger partial charge in [0, 0.05) is 29.0 Å². The zero-order chi connectivity index (χ0) is 31.9. The number of pyridine rings is 2. The van der Waals surface area contributed by atoms with Crippen molar-refractivity contribution in [1.29, 1.82) is 0 Å². The van der Waals surface area contributed by atoms with E-state index in [0.29, 0.717) is 17.1 Å². The van der Waals surface area contributed by atoms with E-state index >= 15 is 0 Å². The number of nitrogens with zero attached hydrogens (tertiary/aromatic N) is 6. The van der Waals surface area contributed by atoms with E-state index in [4.69, 9.17) is 9.47 Å². The van der Waals surface area contributed by atoms with E-state index in [1.165, 1.54) is 4.90 Å². The van der Waals surface area contributed by atoms with Crippen LogP contribution in [-0.2, 0) is 17.7 Å². The molecule has 0 bridgehead atoms. The van der Waals surface area contributed by atoms with Crippen LogP contribution in [0.3, 0.4) is 0 Å². The van der Waals surface area contributed by atoms with Crippen molar-refractivity contribution in [3.05, 3.63) is 83.7 Å². The van der Waals surface area contributed by atoms with Crippen LogP contribution in [0.5, 0.6) is 5.75 Å². The molecule has 45 heavy (non-hydrogen) atoms. The second-order valence-electron chi connectivity index (χ2n) is 12.2. The van der Waals surface area contributed by atoms with Gasteiger partial charge in [0.2, 0.25) is 0 Å². The molecule has 2 amide bonds. The smallest absolute Gasteiger partial charge is 0.410 e. The first-order valence-electron chi connectivity index (χ1n) is 15.0. The highest BCUT2D eigenvalue weighted by Gasteiger charge is 2.38. The molecule has 5 heterocycles. The number of carbonyl (C=O) groups is 2. The second-order valence-corrected chi connectivity index (χ2v) is 12.2. The summed E-state index contributed by atoms with van der Waals surface area (Å²) in [4.78, 5) is 39.2.